The molecule has 3 N–H and O–H groups in total. The summed E-state index contributed by atoms with van der Waals surface area (Å²) < 4.78 is 66.8. The fourth-order valence-electron chi connectivity index (χ4n) is 4.76. The largest absolute Gasteiger partial charge is 0.390 e. The molecule has 4 rings (SSSR count). The minimum absolute atomic E-state index is 0.125. The van der Waals surface area contributed by atoms with Crippen LogP contribution in [0.25, 0.3) is 0 Å². The Morgan fingerprint density at radius 3 is 2.38 bits per heavy atom. The van der Waals surface area contributed by atoms with Gasteiger partial charge in [0.1, 0.15) is 0 Å². The van der Waals surface area contributed by atoms with Gasteiger partial charge < -0.3 is 15.5 Å². The van der Waals surface area contributed by atoms with Gasteiger partial charge in [0.15, 0.2) is 27.3 Å². The topological polar surface area (TPSA) is 104 Å². The Labute approximate surface area is 186 Å². The number of hydrogen-bond donors (Lipinski definition) is 3. The quantitative estimate of drug-likeness (QED) is 0.572. The molecule has 2 aromatic rings. The van der Waals surface area contributed by atoms with Gasteiger partial charge in [-0.2, -0.15) is 0 Å². The summed E-state index contributed by atoms with van der Waals surface area (Å²) >= 11 is 6.14. The Bertz CT molecular complexity index is 1170. The highest BCUT2D eigenvalue weighted by Gasteiger charge is 2.54. The lowest BCUT2D eigenvalue weighted by Crippen LogP contribution is -2.48. The number of nitrogens with one attached hydrogen (secondary N) is 1. The third kappa shape index (κ3) is 3.89. The van der Waals surface area contributed by atoms with Crippen molar-refractivity contribution in [1.29, 1.82) is 0 Å². The number of hydrogen-bond acceptors (Lipinski definition) is 5. The number of benzene rings is 2. The molecule has 2 aliphatic carbocycles. The average molecular weight is 490 g/mol. The normalized spacial score (nSPS) is 27.4. The van der Waals surface area contributed by atoms with E-state index in [2.05, 4.69) is 5.32 Å². The molecule has 4 unspecified atom stereocenters. The minimum atomic E-state index is -4.09. The zero-order valence-electron chi connectivity index (χ0n) is 16.4. The molecule has 1 amide bonds. The van der Waals surface area contributed by atoms with E-state index in [1.165, 1.54) is 12.1 Å². The van der Waals surface area contributed by atoms with E-state index in [1.54, 1.807) is 0 Å². The zero-order valence-corrected chi connectivity index (χ0v) is 18.0. The molecule has 2 saturated carbocycles. The van der Waals surface area contributed by atoms with E-state index < -0.39 is 56.6 Å². The van der Waals surface area contributed by atoms with Crippen LogP contribution in [0.1, 0.15) is 29.6 Å². The van der Waals surface area contributed by atoms with Crippen LogP contribution in [0, 0.1) is 29.3 Å². The Hall–Kier alpha value is -2.14. The Morgan fingerprint density at radius 1 is 1.06 bits per heavy atom. The number of anilines is 1. The molecule has 0 heterocycles. The van der Waals surface area contributed by atoms with E-state index in [1.807, 2.05) is 0 Å². The molecule has 0 aliphatic heterocycles. The van der Waals surface area contributed by atoms with Crippen molar-refractivity contribution in [2.45, 2.75) is 41.6 Å². The molecule has 2 fully saturated rings. The molecule has 32 heavy (non-hydrogen) atoms. The molecule has 5 atom stereocenters. The number of sulfone groups is 1. The van der Waals surface area contributed by atoms with Crippen molar-refractivity contribution < 1.29 is 36.6 Å². The van der Waals surface area contributed by atoms with E-state index in [4.69, 9.17) is 11.6 Å². The first kappa shape index (κ1) is 23.0. The lowest BCUT2D eigenvalue weighted by Gasteiger charge is -2.36. The molecule has 172 valence electrons. The fourth-order valence-corrected chi connectivity index (χ4v) is 7.64. The maximum absolute atomic E-state index is 13.4. The van der Waals surface area contributed by atoms with Crippen molar-refractivity contribution in [3.63, 3.8) is 0 Å². The first-order chi connectivity index (χ1) is 15.0. The van der Waals surface area contributed by atoms with Crippen LogP contribution in [-0.4, -0.2) is 42.0 Å². The number of halogens is 4. The highest BCUT2D eigenvalue weighted by Crippen LogP contribution is 2.48. The molecule has 0 radical (unpaired) electrons. The monoisotopic (exact) mass is 489 g/mol. The van der Waals surface area contributed by atoms with Crippen molar-refractivity contribution in [2.75, 3.05) is 5.32 Å². The van der Waals surface area contributed by atoms with E-state index in [0.717, 1.165) is 6.07 Å². The van der Waals surface area contributed by atoms with E-state index >= 15 is 0 Å². The zero-order chi connectivity index (χ0) is 23.4. The number of rotatable bonds is 4. The third-order valence-corrected chi connectivity index (χ3v) is 9.08. The molecule has 2 bridgehead atoms. The molecule has 0 spiro atoms. The van der Waals surface area contributed by atoms with Gasteiger partial charge in [-0.05, 0) is 43.4 Å². The molecule has 6 nitrogen and oxygen atoms in total. The van der Waals surface area contributed by atoms with Gasteiger partial charge in [-0.25, -0.2) is 21.6 Å². The first-order valence-corrected chi connectivity index (χ1v) is 11.8. The van der Waals surface area contributed by atoms with Gasteiger partial charge in [0, 0.05) is 29.3 Å². The fraction of sp³-hybridized carbons (Fsp3) is 0.381. The summed E-state index contributed by atoms with van der Waals surface area (Å²) in [7, 11) is -4.09. The van der Waals surface area contributed by atoms with Gasteiger partial charge in [-0.15, -0.1) is 0 Å². The van der Waals surface area contributed by atoms with Crippen LogP contribution >= 0.6 is 11.6 Å². The van der Waals surface area contributed by atoms with Gasteiger partial charge >= 0.3 is 0 Å². The highest BCUT2D eigenvalue weighted by molar-refractivity contribution is 7.92. The van der Waals surface area contributed by atoms with Crippen molar-refractivity contribution >= 4 is 33.0 Å². The van der Waals surface area contributed by atoms with Gasteiger partial charge in [0.05, 0.1) is 27.4 Å². The summed E-state index contributed by atoms with van der Waals surface area (Å²) in [5.41, 5.74) is -0.505. The molecule has 2 aliphatic rings. The summed E-state index contributed by atoms with van der Waals surface area (Å²) in [6.07, 6.45) is -1.07. The Balaban J connectivity index is 1.65. The maximum Gasteiger partial charge on any atom is 0.255 e. The van der Waals surface area contributed by atoms with Crippen LogP contribution in [0.5, 0.6) is 0 Å². The number of carbonyl (C=O) groups is 1. The summed E-state index contributed by atoms with van der Waals surface area (Å²) in [6, 6.07) is 4.69. The molecular formula is C21H19ClF3NO5S. The number of aliphatic hydroxyl groups is 2. The van der Waals surface area contributed by atoms with Crippen molar-refractivity contribution in [2.24, 2.45) is 11.8 Å². The van der Waals surface area contributed by atoms with Gasteiger partial charge in [0.2, 0.25) is 0 Å². The first-order valence-electron chi connectivity index (χ1n) is 9.86. The lowest BCUT2D eigenvalue weighted by molar-refractivity contribution is -0.0405. The Morgan fingerprint density at radius 2 is 1.72 bits per heavy atom. The summed E-state index contributed by atoms with van der Waals surface area (Å²) in [5.74, 6) is -6.57. The Kier molecular flexibility index (Phi) is 6.00. The second kappa shape index (κ2) is 8.33. The molecule has 0 saturated heterocycles. The second-order valence-electron chi connectivity index (χ2n) is 8.16. The number of carbonyl (C=O) groups excluding carboxylic acids is 1. The van der Waals surface area contributed by atoms with Crippen molar-refractivity contribution in [3.05, 3.63) is 58.4 Å². The predicted octanol–water partition coefficient (Wildman–Crippen LogP) is 3.30. The SMILES string of the molecule is O=C(Nc1cc(F)c(F)c(F)c1)c1ccc(Cl)c(S(=O)(=O)[C@@H]2C3CCC2C(O)C(O)C3)c1. The van der Waals surface area contributed by atoms with E-state index in [-0.39, 0.29) is 33.5 Å². The van der Waals surface area contributed by atoms with Crippen LogP contribution in [0.15, 0.2) is 35.2 Å². The predicted molar refractivity (Wildman–Crippen MR) is 110 cm³/mol. The summed E-state index contributed by atoms with van der Waals surface area (Å²) in [6.45, 7) is 0. The molecular weight excluding hydrogens is 471 g/mol. The molecule has 0 aromatic heterocycles. The van der Waals surface area contributed by atoms with Crippen LogP contribution in [0.2, 0.25) is 5.02 Å². The minimum Gasteiger partial charge on any atom is -0.390 e. The van der Waals surface area contributed by atoms with Crippen LogP contribution in [-0.2, 0) is 9.84 Å². The van der Waals surface area contributed by atoms with Gasteiger partial charge in [-0.3, -0.25) is 4.79 Å². The number of amides is 1. The number of aliphatic hydroxyl groups excluding tert-OH is 2. The average Bonchev–Trinajstić information content (AvgIpc) is 3.09. The van der Waals surface area contributed by atoms with Crippen LogP contribution in [0.4, 0.5) is 18.9 Å². The van der Waals surface area contributed by atoms with E-state index in [9.17, 15) is 36.6 Å². The second-order valence-corrected chi connectivity index (χ2v) is 10.6. The third-order valence-electron chi connectivity index (χ3n) is 6.23. The number of fused-ring (bicyclic) bond motifs is 2. The smallest absolute Gasteiger partial charge is 0.255 e. The molecule has 11 heteroatoms. The van der Waals surface area contributed by atoms with Crippen molar-refractivity contribution in [3.8, 4) is 0 Å². The van der Waals surface area contributed by atoms with Gasteiger partial charge in [0.25, 0.3) is 5.91 Å². The summed E-state index contributed by atoms with van der Waals surface area (Å²) in [5, 5.41) is 21.4. The van der Waals surface area contributed by atoms with E-state index in [0.29, 0.717) is 25.0 Å². The highest BCUT2D eigenvalue weighted by atomic mass is 35.5. The lowest BCUT2D eigenvalue weighted by atomic mass is 9.84. The maximum atomic E-state index is 13.4. The van der Waals surface area contributed by atoms with Crippen molar-refractivity contribution in [1.82, 2.24) is 0 Å². The molecule has 2 aromatic carbocycles. The van der Waals surface area contributed by atoms with Gasteiger partial charge in [-0.1, -0.05) is 11.6 Å². The van der Waals surface area contributed by atoms with Crippen LogP contribution < -0.4 is 5.32 Å². The summed E-state index contributed by atoms with van der Waals surface area (Å²) in [4.78, 5) is 12.3. The standard InChI is InChI=1S/C21H19ClF3NO5S/c22-13-4-2-10(21(29)26-11-7-14(23)18(25)15(24)8-11)6-17(13)32(30,31)20-9-1-3-12(20)19(28)16(27)5-9/h2,4,6-9,12,16,19-20,27-28H,1,3,5H2,(H,26,29)/t9?,12?,16?,19?,20-/m1/s1. The van der Waals surface area contributed by atoms with Crippen LogP contribution in [0.3, 0.4) is 0 Å².